The van der Waals surface area contributed by atoms with Crippen molar-refractivity contribution in [3.63, 3.8) is 0 Å². The standard InChI is InChI=1S/C13H15ClN2O5S/c1-22(20,21)11-6-9(2-3-10(11)14)15-13(19)16-5-4-8(7-16)12(17)18/h2-3,6,8H,4-5,7H2,1H3,(H,15,19)(H,17,18). The van der Waals surface area contributed by atoms with E-state index in [0.717, 1.165) is 6.26 Å². The van der Waals surface area contributed by atoms with Gasteiger partial charge in [0.25, 0.3) is 0 Å². The van der Waals surface area contributed by atoms with Crippen molar-refractivity contribution in [2.75, 3.05) is 24.7 Å². The van der Waals surface area contributed by atoms with Gasteiger partial charge in [0.05, 0.1) is 15.8 Å². The number of sulfone groups is 1. The number of nitrogens with zero attached hydrogens (tertiary/aromatic N) is 1. The Balaban J connectivity index is 2.12. The number of benzene rings is 1. The first-order valence-electron chi connectivity index (χ1n) is 6.47. The summed E-state index contributed by atoms with van der Waals surface area (Å²) < 4.78 is 23.2. The lowest BCUT2D eigenvalue weighted by molar-refractivity contribution is -0.141. The minimum absolute atomic E-state index is 0.0724. The molecule has 2 rings (SSSR count). The fourth-order valence-electron chi connectivity index (χ4n) is 2.21. The van der Waals surface area contributed by atoms with Gasteiger partial charge in [0.2, 0.25) is 0 Å². The normalized spacial score (nSPS) is 18.3. The highest BCUT2D eigenvalue weighted by atomic mass is 35.5. The summed E-state index contributed by atoms with van der Waals surface area (Å²) in [5.74, 6) is -1.50. The van der Waals surface area contributed by atoms with Crippen molar-refractivity contribution in [1.29, 1.82) is 0 Å². The van der Waals surface area contributed by atoms with Gasteiger partial charge in [-0.05, 0) is 24.6 Å². The van der Waals surface area contributed by atoms with Crippen LogP contribution in [0.15, 0.2) is 23.1 Å². The van der Waals surface area contributed by atoms with E-state index in [1.807, 2.05) is 0 Å². The first-order valence-corrected chi connectivity index (χ1v) is 8.74. The highest BCUT2D eigenvalue weighted by molar-refractivity contribution is 7.90. The number of carboxylic acid groups (broad SMARTS) is 1. The van der Waals surface area contributed by atoms with Gasteiger partial charge in [-0.1, -0.05) is 11.6 Å². The van der Waals surface area contributed by atoms with Crippen molar-refractivity contribution >= 4 is 39.1 Å². The van der Waals surface area contributed by atoms with E-state index in [1.165, 1.54) is 23.1 Å². The summed E-state index contributed by atoms with van der Waals surface area (Å²) in [4.78, 5) is 24.3. The number of nitrogens with one attached hydrogen (secondary N) is 1. The van der Waals surface area contributed by atoms with Crippen LogP contribution < -0.4 is 5.32 Å². The minimum Gasteiger partial charge on any atom is -0.481 e. The first kappa shape index (κ1) is 16.6. The molecule has 0 radical (unpaired) electrons. The topological polar surface area (TPSA) is 104 Å². The molecule has 1 aliphatic heterocycles. The maximum atomic E-state index is 12.1. The number of likely N-dealkylation sites (tertiary alicyclic amines) is 1. The van der Waals surface area contributed by atoms with Gasteiger partial charge in [0.15, 0.2) is 9.84 Å². The van der Waals surface area contributed by atoms with Crippen molar-refractivity contribution in [3.05, 3.63) is 23.2 Å². The molecule has 0 spiro atoms. The van der Waals surface area contributed by atoms with Crippen LogP contribution in [0.1, 0.15) is 6.42 Å². The predicted octanol–water partition coefficient (Wildman–Crippen LogP) is 1.68. The Bertz CT molecular complexity index is 719. The quantitative estimate of drug-likeness (QED) is 0.866. The van der Waals surface area contributed by atoms with Gasteiger partial charge >= 0.3 is 12.0 Å². The van der Waals surface area contributed by atoms with Crippen molar-refractivity contribution in [2.45, 2.75) is 11.3 Å². The lowest BCUT2D eigenvalue weighted by atomic mass is 10.1. The number of carboxylic acids is 1. The van der Waals surface area contributed by atoms with Gasteiger partial charge in [-0.2, -0.15) is 0 Å². The third-order valence-corrected chi connectivity index (χ3v) is 4.99. The van der Waals surface area contributed by atoms with Crippen LogP contribution in [0.25, 0.3) is 0 Å². The van der Waals surface area contributed by atoms with Crippen LogP contribution >= 0.6 is 11.6 Å². The summed E-state index contributed by atoms with van der Waals surface area (Å²) in [6, 6.07) is 3.68. The maximum Gasteiger partial charge on any atom is 0.321 e. The zero-order chi connectivity index (χ0) is 16.5. The Labute approximate surface area is 132 Å². The van der Waals surface area contributed by atoms with Gasteiger partial charge in [-0.25, -0.2) is 13.2 Å². The van der Waals surface area contributed by atoms with E-state index in [0.29, 0.717) is 13.0 Å². The van der Waals surface area contributed by atoms with Crippen molar-refractivity contribution in [3.8, 4) is 0 Å². The highest BCUT2D eigenvalue weighted by Gasteiger charge is 2.30. The Hall–Kier alpha value is -1.80. The average molecular weight is 347 g/mol. The molecule has 120 valence electrons. The smallest absolute Gasteiger partial charge is 0.321 e. The number of amides is 2. The van der Waals surface area contributed by atoms with Crippen LogP contribution in [-0.2, 0) is 14.6 Å². The van der Waals surface area contributed by atoms with Crippen LogP contribution in [0, 0.1) is 5.92 Å². The second-order valence-corrected chi connectivity index (χ2v) is 7.51. The number of carbonyl (C=O) groups excluding carboxylic acids is 1. The minimum atomic E-state index is -3.51. The molecule has 1 fully saturated rings. The number of halogens is 1. The summed E-state index contributed by atoms with van der Waals surface area (Å²) in [5.41, 5.74) is 0.286. The lowest BCUT2D eigenvalue weighted by Gasteiger charge is -2.17. The Morgan fingerprint density at radius 1 is 1.41 bits per heavy atom. The molecule has 1 aromatic rings. The number of anilines is 1. The third kappa shape index (κ3) is 3.69. The molecule has 1 heterocycles. The van der Waals surface area contributed by atoms with E-state index < -0.39 is 27.8 Å². The molecule has 1 aromatic carbocycles. The van der Waals surface area contributed by atoms with Crippen LogP contribution in [0.5, 0.6) is 0 Å². The van der Waals surface area contributed by atoms with Crippen LogP contribution in [0.4, 0.5) is 10.5 Å². The van der Waals surface area contributed by atoms with E-state index in [9.17, 15) is 18.0 Å². The Morgan fingerprint density at radius 2 is 2.09 bits per heavy atom. The number of hydrogen-bond acceptors (Lipinski definition) is 4. The maximum absolute atomic E-state index is 12.1. The summed E-state index contributed by atoms with van der Waals surface area (Å²) in [7, 11) is -3.51. The average Bonchev–Trinajstić information content (AvgIpc) is 2.89. The molecule has 0 saturated carbocycles. The molecule has 22 heavy (non-hydrogen) atoms. The molecule has 0 aliphatic carbocycles. The first-order chi connectivity index (χ1) is 10.2. The van der Waals surface area contributed by atoms with Gasteiger partial charge < -0.3 is 15.3 Å². The molecular formula is C13H15ClN2O5S. The molecule has 1 atom stereocenters. The van der Waals surface area contributed by atoms with E-state index in [1.54, 1.807) is 0 Å². The largest absolute Gasteiger partial charge is 0.481 e. The van der Waals surface area contributed by atoms with E-state index in [4.69, 9.17) is 16.7 Å². The molecule has 0 bridgehead atoms. The molecule has 2 amide bonds. The summed E-state index contributed by atoms with van der Waals surface area (Å²) in [6.07, 6.45) is 1.43. The fourth-order valence-corrected chi connectivity index (χ4v) is 3.52. The van der Waals surface area contributed by atoms with Gasteiger partial charge in [-0.3, -0.25) is 4.79 Å². The zero-order valence-electron chi connectivity index (χ0n) is 11.7. The van der Waals surface area contributed by atoms with Gasteiger partial charge in [0.1, 0.15) is 0 Å². The molecule has 1 saturated heterocycles. The molecule has 9 heteroatoms. The molecule has 7 nitrogen and oxygen atoms in total. The van der Waals surface area contributed by atoms with Crippen LogP contribution in [0.3, 0.4) is 0 Å². The number of hydrogen-bond donors (Lipinski definition) is 2. The molecule has 2 N–H and O–H groups in total. The van der Waals surface area contributed by atoms with Crippen LogP contribution in [-0.4, -0.2) is 49.8 Å². The number of urea groups is 1. The SMILES string of the molecule is CS(=O)(=O)c1cc(NC(=O)N2CCC(C(=O)O)C2)ccc1Cl. The van der Waals surface area contributed by atoms with Gasteiger partial charge in [0, 0.05) is 25.0 Å². The second-order valence-electron chi connectivity index (χ2n) is 5.12. The van der Waals surface area contributed by atoms with E-state index >= 15 is 0 Å². The number of carbonyl (C=O) groups is 2. The second kappa shape index (κ2) is 6.13. The highest BCUT2D eigenvalue weighted by Crippen LogP contribution is 2.25. The molecule has 1 unspecified atom stereocenters. The number of aliphatic carboxylic acids is 1. The third-order valence-electron chi connectivity index (χ3n) is 3.41. The Morgan fingerprint density at radius 3 is 2.64 bits per heavy atom. The number of rotatable bonds is 3. The van der Waals surface area contributed by atoms with Crippen molar-refractivity contribution < 1.29 is 23.1 Å². The molecular weight excluding hydrogens is 332 g/mol. The van der Waals surface area contributed by atoms with Crippen LogP contribution in [0.2, 0.25) is 5.02 Å². The molecule has 0 aromatic heterocycles. The van der Waals surface area contributed by atoms with Gasteiger partial charge in [-0.15, -0.1) is 0 Å². The Kier molecular flexibility index (Phi) is 4.62. The lowest BCUT2D eigenvalue weighted by Crippen LogP contribution is -2.33. The fraction of sp³-hybridized carbons (Fsp3) is 0.385. The summed E-state index contributed by atoms with van der Waals surface area (Å²) in [5, 5.41) is 11.5. The van der Waals surface area contributed by atoms with E-state index in [-0.39, 0.29) is 22.2 Å². The van der Waals surface area contributed by atoms with Crippen molar-refractivity contribution in [1.82, 2.24) is 4.90 Å². The van der Waals surface area contributed by atoms with Crippen molar-refractivity contribution in [2.24, 2.45) is 5.92 Å². The monoisotopic (exact) mass is 346 g/mol. The summed E-state index contributed by atoms with van der Waals surface area (Å²) in [6.45, 7) is 0.475. The summed E-state index contributed by atoms with van der Waals surface area (Å²) >= 11 is 5.83. The predicted molar refractivity (Wildman–Crippen MR) is 80.9 cm³/mol. The molecule has 1 aliphatic rings. The van der Waals surface area contributed by atoms with E-state index in [2.05, 4.69) is 5.32 Å². The zero-order valence-corrected chi connectivity index (χ0v) is 13.3.